The highest BCUT2D eigenvalue weighted by Gasteiger charge is 2.30. The van der Waals surface area contributed by atoms with E-state index >= 15 is 0 Å². The monoisotopic (exact) mass is 605 g/mol. The van der Waals surface area contributed by atoms with Crippen molar-refractivity contribution in [1.82, 2.24) is 10.2 Å². The molecule has 0 heterocycles. The second-order valence-electron chi connectivity index (χ2n) is 9.27. The van der Waals surface area contributed by atoms with Crippen LogP contribution in [0.5, 0.6) is 11.5 Å². The van der Waals surface area contributed by atoms with E-state index in [1.807, 2.05) is 25.1 Å². The highest BCUT2D eigenvalue weighted by Crippen LogP contribution is 2.27. The van der Waals surface area contributed by atoms with Gasteiger partial charge in [-0.05, 0) is 67.4 Å². The van der Waals surface area contributed by atoms with E-state index in [1.54, 1.807) is 61.5 Å². The quantitative estimate of drug-likeness (QED) is 0.245. The van der Waals surface area contributed by atoms with Gasteiger partial charge in [-0.2, -0.15) is 0 Å². The van der Waals surface area contributed by atoms with E-state index in [1.165, 1.54) is 4.90 Å². The Morgan fingerprint density at radius 1 is 0.950 bits per heavy atom. The molecule has 2 amide bonds. The van der Waals surface area contributed by atoms with E-state index in [0.29, 0.717) is 33.7 Å². The number of amides is 2. The zero-order valence-electron chi connectivity index (χ0n) is 22.6. The van der Waals surface area contributed by atoms with Gasteiger partial charge in [0.2, 0.25) is 21.8 Å². The Morgan fingerprint density at radius 2 is 1.60 bits per heavy atom. The molecular formula is C29H33Cl2N3O5S. The molecule has 0 aliphatic rings. The number of para-hydroxylation sites is 1. The molecule has 3 rings (SSSR count). The number of sulfonamides is 1. The Balaban J connectivity index is 1.85. The summed E-state index contributed by atoms with van der Waals surface area (Å²) in [5, 5.41) is 3.51. The van der Waals surface area contributed by atoms with Crippen LogP contribution in [0, 0.1) is 0 Å². The highest BCUT2D eigenvalue weighted by atomic mass is 35.5. The molecule has 11 heteroatoms. The van der Waals surface area contributed by atoms with Gasteiger partial charge < -0.3 is 15.0 Å². The lowest BCUT2D eigenvalue weighted by Gasteiger charge is -2.31. The second-order valence-corrected chi connectivity index (χ2v) is 12.0. The second kappa shape index (κ2) is 14.4. The predicted molar refractivity (Wildman–Crippen MR) is 160 cm³/mol. The number of nitrogens with one attached hydrogen (secondary N) is 1. The number of benzene rings is 3. The highest BCUT2D eigenvalue weighted by molar-refractivity contribution is 7.92. The molecular weight excluding hydrogens is 573 g/mol. The van der Waals surface area contributed by atoms with Crippen LogP contribution in [0.2, 0.25) is 10.0 Å². The number of rotatable bonds is 13. The molecule has 3 aromatic rings. The molecule has 1 atom stereocenters. The van der Waals surface area contributed by atoms with Gasteiger partial charge in [0.25, 0.3) is 0 Å². The molecule has 1 unspecified atom stereocenters. The van der Waals surface area contributed by atoms with Gasteiger partial charge in [0.15, 0.2) is 0 Å². The molecule has 1 N–H and O–H groups in total. The maximum atomic E-state index is 13.7. The topological polar surface area (TPSA) is 96.0 Å². The van der Waals surface area contributed by atoms with Crippen LogP contribution in [0.1, 0.15) is 32.3 Å². The van der Waals surface area contributed by atoms with E-state index in [4.69, 9.17) is 27.9 Å². The molecule has 0 saturated heterocycles. The van der Waals surface area contributed by atoms with Gasteiger partial charge in [-0.15, -0.1) is 0 Å². The zero-order chi connectivity index (χ0) is 29.3. The number of hydrogen-bond donors (Lipinski definition) is 1. The van der Waals surface area contributed by atoms with Crippen LogP contribution in [0.3, 0.4) is 0 Å². The first kappa shape index (κ1) is 31.3. The third-order valence-electron chi connectivity index (χ3n) is 6.12. The molecule has 3 aromatic carbocycles. The molecule has 0 aliphatic heterocycles. The van der Waals surface area contributed by atoms with Gasteiger partial charge in [-0.1, -0.05) is 60.8 Å². The molecule has 0 spiro atoms. The molecule has 0 radical (unpaired) electrons. The summed E-state index contributed by atoms with van der Waals surface area (Å²) in [7, 11) is -3.86. The third kappa shape index (κ3) is 8.87. The number of carbonyl (C=O) groups is 2. The van der Waals surface area contributed by atoms with Crippen LogP contribution in [0.4, 0.5) is 5.69 Å². The van der Waals surface area contributed by atoms with Crippen molar-refractivity contribution in [3.05, 3.63) is 88.4 Å². The van der Waals surface area contributed by atoms with Crippen molar-refractivity contribution < 1.29 is 22.7 Å². The number of nitrogens with zero attached hydrogens (tertiary/aromatic N) is 2. The van der Waals surface area contributed by atoms with Gasteiger partial charge in [0, 0.05) is 13.1 Å². The summed E-state index contributed by atoms with van der Waals surface area (Å²) in [5.74, 6) is 0.248. The van der Waals surface area contributed by atoms with E-state index in [0.717, 1.165) is 23.4 Å². The minimum atomic E-state index is -3.86. The summed E-state index contributed by atoms with van der Waals surface area (Å²) in [6.45, 7) is 3.61. The summed E-state index contributed by atoms with van der Waals surface area (Å²) >= 11 is 12.2. The van der Waals surface area contributed by atoms with Crippen molar-refractivity contribution >= 4 is 50.7 Å². The molecule has 0 bridgehead atoms. The fourth-order valence-corrected chi connectivity index (χ4v) is 5.04. The molecule has 0 saturated carbocycles. The van der Waals surface area contributed by atoms with Crippen LogP contribution < -0.4 is 14.4 Å². The lowest BCUT2D eigenvalue weighted by molar-refractivity contribution is -0.139. The lowest BCUT2D eigenvalue weighted by Crippen LogP contribution is -2.51. The van der Waals surface area contributed by atoms with Crippen molar-refractivity contribution in [2.45, 2.75) is 39.3 Å². The molecule has 40 heavy (non-hydrogen) atoms. The Morgan fingerprint density at radius 3 is 2.20 bits per heavy atom. The molecule has 8 nitrogen and oxygen atoms in total. The SMILES string of the molecule is CCCCNC(=O)C(C)N(Cc1ccc(Cl)c(Cl)c1)C(=O)CN(c1ccc(Oc2ccccc2)cc1)S(C)(=O)=O. The fraction of sp³-hybridized carbons (Fsp3) is 0.310. The van der Waals surface area contributed by atoms with Crippen molar-refractivity contribution in [2.24, 2.45) is 0 Å². The Labute approximate surface area is 245 Å². The number of anilines is 1. The van der Waals surface area contributed by atoms with Gasteiger partial charge in [0.1, 0.15) is 24.1 Å². The van der Waals surface area contributed by atoms with Gasteiger partial charge in [0.05, 0.1) is 22.0 Å². The average Bonchev–Trinajstić information content (AvgIpc) is 2.92. The summed E-state index contributed by atoms with van der Waals surface area (Å²) < 4.78 is 32.4. The standard InChI is InChI=1S/C29H33Cl2N3O5S/c1-4-5-17-32-29(36)21(2)33(19-22-11-16-26(30)27(31)18-22)28(35)20-34(40(3,37)38)23-12-14-25(15-13-23)39-24-9-7-6-8-10-24/h6-16,18,21H,4-5,17,19-20H2,1-3H3,(H,32,36). The smallest absolute Gasteiger partial charge is 0.244 e. The molecule has 214 valence electrons. The zero-order valence-corrected chi connectivity index (χ0v) is 25.0. The molecule has 0 aliphatic carbocycles. The number of ether oxygens (including phenoxy) is 1. The average molecular weight is 607 g/mol. The first-order chi connectivity index (χ1) is 19.0. The molecule has 0 fully saturated rings. The first-order valence-electron chi connectivity index (χ1n) is 12.8. The summed E-state index contributed by atoms with van der Waals surface area (Å²) in [6.07, 6.45) is 2.73. The Hall–Kier alpha value is -3.27. The van der Waals surface area contributed by atoms with Crippen LogP contribution in [-0.2, 0) is 26.2 Å². The number of halogens is 2. The van der Waals surface area contributed by atoms with Crippen LogP contribution in [0.15, 0.2) is 72.8 Å². The maximum absolute atomic E-state index is 13.7. The number of carbonyl (C=O) groups excluding carboxylic acids is 2. The molecule has 0 aromatic heterocycles. The van der Waals surface area contributed by atoms with E-state index in [-0.39, 0.29) is 18.1 Å². The van der Waals surface area contributed by atoms with Gasteiger partial charge in [-0.3, -0.25) is 13.9 Å². The Kier molecular flexibility index (Phi) is 11.2. The van der Waals surface area contributed by atoms with E-state index in [2.05, 4.69) is 5.32 Å². The van der Waals surface area contributed by atoms with Crippen LogP contribution in [-0.4, -0.2) is 50.5 Å². The van der Waals surface area contributed by atoms with Crippen LogP contribution >= 0.6 is 23.2 Å². The number of unbranched alkanes of at least 4 members (excludes halogenated alkanes) is 1. The van der Waals surface area contributed by atoms with Crippen molar-refractivity contribution in [3.63, 3.8) is 0 Å². The summed E-state index contributed by atoms with van der Waals surface area (Å²) in [6, 6.07) is 19.6. The van der Waals surface area contributed by atoms with Crippen LogP contribution in [0.25, 0.3) is 0 Å². The summed E-state index contributed by atoms with van der Waals surface area (Å²) in [5.41, 5.74) is 0.926. The van der Waals surface area contributed by atoms with Crippen molar-refractivity contribution in [3.8, 4) is 11.5 Å². The maximum Gasteiger partial charge on any atom is 0.244 e. The largest absolute Gasteiger partial charge is 0.457 e. The lowest BCUT2D eigenvalue weighted by atomic mass is 10.1. The van der Waals surface area contributed by atoms with Gasteiger partial charge >= 0.3 is 0 Å². The van der Waals surface area contributed by atoms with Crippen molar-refractivity contribution in [1.29, 1.82) is 0 Å². The van der Waals surface area contributed by atoms with E-state index in [9.17, 15) is 18.0 Å². The first-order valence-corrected chi connectivity index (χ1v) is 15.4. The Bertz CT molecular complexity index is 1400. The third-order valence-corrected chi connectivity index (χ3v) is 8.00. The van der Waals surface area contributed by atoms with Gasteiger partial charge in [-0.25, -0.2) is 8.42 Å². The minimum absolute atomic E-state index is 0.0273. The normalized spacial score (nSPS) is 11.9. The summed E-state index contributed by atoms with van der Waals surface area (Å²) in [4.78, 5) is 27.9. The number of hydrogen-bond acceptors (Lipinski definition) is 5. The fourth-order valence-electron chi connectivity index (χ4n) is 3.87. The minimum Gasteiger partial charge on any atom is -0.457 e. The van der Waals surface area contributed by atoms with E-state index < -0.39 is 28.5 Å². The predicted octanol–water partition coefficient (Wildman–Crippen LogP) is 5.89. The van der Waals surface area contributed by atoms with Crippen molar-refractivity contribution in [2.75, 3.05) is 23.7 Å².